The van der Waals surface area contributed by atoms with E-state index in [4.69, 9.17) is 4.74 Å². The molecule has 0 radical (unpaired) electrons. The number of ether oxygens (including phenoxy) is 1. The molecule has 7 nitrogen and oxygen atoms in total. The lowest BCUT2D eigenvalue weighted by Gasteiger charge is -2.30. The number of nitrogens with zero attached hydrogens (tertiary/aromatic N) is 3. The van der Waals surface area contributed by atoms with Crippen LogP contribution in [0.5, 0.6) is 0 Å². The van der Waals surface area contributed by atoms with Crippen LogP contribution in [0.1, 0.15) is 25.1 Å². The molecule has 0 aliphatic carbocycles. The fourth-order valence-corrected chi connectivity index (χ4v) is 6.65. The standard InChI is InChI=1S/C20H25N3O4S2/c1-14-21-18-7-3-2-6-17(18)20(22-14)28-12-19(24)23(11-16-5-4-9-27-16)15-8-10-29(25,26)13-15/h2-3,6-7,15-16H,4-5,8-13H2,1H3/t15-,16+/m1/s1. The molecule has 29 heavy (non-hydrogen) atoms. The SMILES string of the molecule is Cc1nc(SCC(=O)N(C[C@@H]2CCCO2)[C@@H]2CCS(=O)(=O)C2)c2ccccc2n1. The van der Waals surface area contributed by atoms with Gasteiger partial charge in [-0.3, -0.25) is 4.79 Å². The van der Waals surface area contributed by atoms with Gasteiger partial charge < -0.3 is 9.64 Å². The second-order valence-corrected chi connectivity index (χ2v) is 10.8. The van der Waals surface area contributed by atoms with E-state index in [1.807, 2.05) is 31.2 Å². The molecule has 0 N–H and O–H groups in total. The van der Waals surface area contributed by atoms with Crippen molar-refractivity contribution < 1.29 is 17.9 Å². The second-order valence-electron chi connectivity index (χ2n) is 7.62. The normalized spacial score (nSPS) is 23.5. The lowest BCUT2D eigenvalue weighted by molar-refractivity contribution is -0.131. The Kier molecular flexibility index (Phi) is 6.08. The topological polar surface area (TPSA) is 89.5 Å². The van der Waals surface area contributed by atoms with Crippen molar-refractivity contribution in [3.63, 3.8) is 0 Å². The predicted octanol–water partition coefficient (Wildman–Crippen LogP) is 2.23. The van der Waals surface area contributed by atoms with Crippen molar-refractivity contribution in [1.82, 2.24) is 14.9 Å². The highest BCUT2D eigenvalue weighted by Gasteiger charge is 2.36. The van der Waals surface area contributed by atoms with Crippen molar-refractivity contribution in [2.45, 2.75) is 43.4 Å². The Labute approximate surface area is 175 Å². The fraction of sp³-hybridized carbons (Fsp3) is 0.550. The minimum Gasteiger partial charge on any atom is -0.376 e. The van der Waals surface area contributed by atoms with Crippen molar-refractivity contribution in [3.8, 4) is 0 Å². The maximum atomic E-state index is 13.1. The summed E-state index contributed by atoms with van der Waals surface area (Å²) >= 11 is 1.38. The number of thioether (sulfide) groups is 1. The molecule has 2 aliphatic heterocycles. The van der Waals surface area contributed by atoms with Crippen LogP contribution in [0.25, 0.3) is 10.9 Å². The van der Waals surface area contributed by atoms with E-state index >= 15 is 0 Å². The van der Waals surface area contributed by atoms with Crippen molar-refractivity contribution >= 4 is 38.4 Å². The predicted molar refractivity (Wildman–Crippen MR) is 113 cm³/mol. The van der Waals surface area contributed by atoms with E-state index < -0.39 is 9.84 Å². The van der Waals surface area contributed by atoms with Gasteiger partial charge in [-0.1, -0.05) is 30.0 Å². The number of para-hydroxylation sites is 1. The highest BCUT2D eigenvalue weighted by Crippen LogP contribution is 2.27. The summed E-state index contributed by atoms with van der Waals surface area (Å²) in [6, 6.07) is 7.48. The fourth-order valence-electron chi connectivity index (χ4n) is 3.96. The minimum absolute atomic E-state index is 0.00520. The van der Waals surface area contributed by atoms with Crippen LogP contribution in [0.15, 0.2) is 29.3 Å². The number of aromatic nitrogens is 2. The van der Waals surface area contributed by atoms with E-state index in [1.54, 1.807) is 4.90 Å². The number of hydrogen-bond donors (Lipinski definition) is 0. The lowest BCUT2D eigenvalue weighted by Crippen LogP contribution is -2.46. The Bertz CT molecular complexity index is 1010. The zero-order valence-corrected chi connectivity index (χ0v) is 18.0. The maximum absolute atomic E-state index is 13.1. The molecule has 156 valence electrons. The number of aryl methyl sites for hydroxylation is 1. The molecule has 2 fully saturated rings. The van der Waals surface area contributed by atoms with Crippen LogP contribution in [0.4, 0.5) is 0 Å². The van der Waals surface area contributed by atoms with E-state index in [0.717, 1.165) is 28.8 Å². The van der Waals surface area contributed by atoms with Gasteiger partial charge in [0.05, 0.1) is 28.9 Å². The largest absolute Gasteiger partial charge is 0.376 e. The number of hydrogen-bond acceptors (Lipinski definition) is 7. The number of fused-ring (bicyclic) bond motifs is 1. The van der Waals surface area contributed by atoms with E-state index in [9.17, 15) is 13.2 Å². The third-order valence-corrected chi connectivity index (χ3v) is 8.13. The van der Waals surface area contributed by atoms with Gasteiger partial charge in [0.2, 0.25) is 5.91 Å². The molecule has 0 unspecified atom stereocenters. The highest BCUT2D eigenvalue weighted by atomic mass is 32.2. The Morgan fingerprint density at radius 1 is 1.28 bits per heavy atom. The van der Waals surface area contributed by atoms with E-state index in [2.05, 4.69) is 9.97 Å². The number of carbonyl (C=O) groups is 1. The third kappa shape index (κ3) is 4.90. The van der Waals surface area contributed by atoms with Gasteiger partial charge in [-0.2, -0.15) is 0 Å². The Balaban J connectivity index is 1.50. The molecule has 3 heterocycles. The van der Waals surface area contributed by atoms with E-state index in [0.29, 0.717) is 25.4 Å². The maximum Gasteiger partial charge on any atom is 0.233 e. The summed E-state index contributed by atoms with van der Waals surface area (Å²) in [5.74, 6) is 1.01. The highest BCUT2D eigenvalue weighted by molar-refractivity contribution is 8.00. The zero-order chi connectivity index (χ0) is 20.4. The molecule has 0 spiro atoms. The number of benzene rings is 1. The molecule has 2 aliphatic rings. The van der Waals surface area contributed by atoms with Gasteiger partial charge in [0.25, 0.3) is 0 Å². The summed E-state index contributed by atoms with van der Waals surface area (Å²) in [6.07, 6.45) is 2.39. The second kappa shape index (κ2) is 8.57. The molecule has 2 atom stereocenters. The summed E-state index contributed by atoms with van der Waals surface area (Å²) in [6.45, 7) is 3.01. The molecule has 1 aromatic carbocycles. The van der Waals surface area contributed by atoms with Crippen molar-refractivity contribution in [2.24, 2.45) is 0 Å². The molecule has 1 aromatic heterocycles. The smallest absolute Gasteiger partial charge is 0.233 e. The Hall–Kier alpha value is -1.71. The zero-order valence-electron chi connectivity index (χ0n) is 16.4. The number of sulfone groups is 1. The Morgan fingerprint density at radius 3 is 2.83 bits per heavy atom. The molecule has 0 saturated carbocycles. The summed E-state index contributed by atoms with van der Waals surface area (Å²) in [4.78, 5) is 23.8. The molecular weight excluding hydrogens is 410 g/mol. The van der Waals surface area contributed by atoms with Gasteiger partial charge in [-0.15, -0.1) is 0 Å². The number of amides is 1. The van der Waals surface area contributed by atoms with Crippen molar-refractivity contribution in [1.29, 1.82) is 0 Å². The van der Waals surface area contributed by atoms with Gasteiger partial charge in [0, 0.05) is 24.6 Å². The van der Waals surface area contributed by atoms with Crippen LogP contribution in [0.3, 0.4) is 0 Å². The first-order valence-corrected chi connectivity index (χ1v) is 12.7. The Morgan fingerprint density at radius 2 is 2.10 bits per heavy atom. The van der Waals surface area contributed by atoms with Crippen LogP contribution in [0.2, 0.25) is 0 Å². The summed E-state index contributed by atoms with van der Waals surface area (Å²) < 4.78 is 29.7. The van der Waals surface area contributed by atoms with Crippen LogP contribution in [-0.2, 0) is 19.4 Å². The van der Waals surface area contributed by atoms with Crippen LogP contribution < -0.4 is 0 Å². The van der Waals surface area contributed by atoms with Crippen molar-refractivity contribution in [2.75, 3.05) is 30.4 Å². The number of rotatable bonds is 6. The van der Waals surface area contributed by atoms with Gasteiger partial charge in [-0.05, 0) is 32.3 Å². The average Bonchev–Trinajstić information content (AvgIpc) is 3.32. The first-order chi connectivity index (χ1) is 13.9. The molecular formula is C20H25N3O4S2. The van der Waals surface area contributed by atoms with Crippen LogP contribution in [0, 0.1) is 6.92 Å². The van der Waals surface area contributed by atoms with Gasteiger partial charge >= 0.3 is 0 Å². The molecule has 2 aromatic rings. The van der Waals surface area contributed by atoms with Crippen LogP contribution >= 0.6 is 11.8 Å². The molecule has 0 bridgehead atoms. The first kappa shape index (κ1) is 20.6. The minimum atomic E-state index is -3.07. The summed E-state index contributed by atoms with van der Waals surface area (Å²) in [5, 5.41) is 1.70. The molecule has 4 rings (SSSR count). The summed E-state index contributed by atoms with van der Waals surface area (Å²) in [5.41, 5.74) is 0.855. The molecule has 9 heteroatoms. The summed E-state index contributed by atoms with van der Waals surface area (Å²) in [7, 11) is -3.07. The molecule has 2 saturated heterocycles. The lowest BCUT2D eigenvalue weighted by atomic mass is 10.1. The molecule has 1 amide bonds. The van der Waals surface area contributed by atoms with Crippen molar-refractivity contribution in [3.05, 3.63) is 30.1 Å². The average molecular weight is 436 g/mol. The van der Waals surface area contributed by atoms with Gasteiger partial charge in [0.1, 0.15) is 10.9 Å². The monoisotopic (exact) mass is 435 g/mol. The first-order valence-electron chi connectivity index (χ1n) is 9.89. The van der Waals surface area contributed by atoms with Gasteiger partial charge in [-0.25, -0.2) is 18.4 Å². The number of carbonyl (C=O) groups excluding carboxylic acids is 1. The third-order valence-electron chi connectivity index (χ3n) is 5.41. The quantitative estimate of drug-likeness (QED) is 0.508. The van der Waals surface area contributed by atoms with Crippen LogP contribution in [-0.4, -0.2) is 71.7 Å². The van der Waals surface area contributed by atoms with E-state index in [-0.39, 0.29) is 35.3 Å². The van der Waals surface area contributed by atoms with E-state index in [1.165, 1.54) is 11.8 Å². The van der Waals surface area contributed by atoms with Gasteiger partial charge in [0.15, 0.2) is 9.84 Å².